The first kappa shape index (κ1) is 18.5. The lowest BCUT2D eigenvalue weighted by Crippen LogP contribution is -2.23. The van der Waals surface area contributed by atoms with E-state index in [1.165, 1.54) is 17.0 Å². The van der Waals surface area contributed by atoms with E-state index in [0.29, 0.717) is 23.5 Å². The van der Waals surface area contributed by atoms with Crippen LogP contribution in [0.1, 0.15) is 45.8 Å². The molecule has 3 heterocycles. The van der Waals surface area contributed by atoms with Gasteiger partial charge in [0.05, 0.1) is 17.5 Å². The highest BCUT2D eigenvalue weighted by Gasteiger charge is 2.29. The number of hydrogen-bond acceptors (Lipinski definition) is 4. The molecule has 0 bridgehead atoms. The van der Waals surface area contributed by atoms with Gasteiger partial charge in [-0.1, -0.05) is 24.3 Å². The molecule has 0 amide bonds. The van der Waals surface area contributed by atoms with Crippen LogP contribution in [0.3, 0.4) is 0 Å². The largest absolute Gasteiger partial charge is 0.507 e. The van der Waals surface area contributed by atoms with E-state index in [4.69, 9.17) is 0 Å². The highest BCUT2D eigenvalue weighted by molar-refractivity contribution is 7.18. The van der Waals surface area contributed by atoms with Crippen LogP contribution in [0.25, 0.3) is 21.5 Å². The number of nitrogens with zero attached hydrogens (tertiary/aromatic N) is 2. The number of aromatic nitrogens is 2. The Morgan fingerprint density at radius 2 is 1.84 bits per heavy atom. The number of thiophene rings is 1. The van der Waals surface area contributed by atoms with Crippen molar-refractivity contribution in [3.8, 4) is 0 Å². The molecular formula is C25H19FN2O2S. The summed E-state index contributed by atoms with van der Waals surface area (Å²) >= 11 is 1.68. The maximum absolute atomic E-state index is 13.5. The standard InChI is InChI=1S/C25H19FN2O2S/c26-16-11-9-14(10-12-16)22(29)20-17-6-2-1-5-15(17)13-28-23(20)27-24(30)21-18-7-3-4-8-19(18)31-25(21)28/h1-2,5-6,9-12,29H,3-4,7-8,13H2/b22-20-. The van der Waals surface area contributed by atoms with Gasteiger partial charge in [0.2, 0.25) is 0 Å². The number of aryl methyl sites for hydroxylation is 2. The molecule has 2 aromatic heterocycles. The van der Waals surface area contributed by atoms with Crippen molar-refractivity contribution >= 4 is 32.9 Å². The molecule has 154 valence electrons. The van der Waals surface area contributed by atoms with Crippen molar-refractivity contribution in [3.63, 3.8) is 0 Å². The van der Waals surface area contributed by atoms with Crippen molar-refractivity contribution in [1.29, 1.82) is 0 Å². The van der Waals surface area contributed by atoms with Gasteiger partial charge in [0.15, 0.2) is 0 Å². The summed E-state index contributed by atoms with van der Waals surface area (Å²) in [6.45, 7) is 0.592. The van der Waals surface area contributed by atoms with Crippen molar-refractivity contribution < 1.29 is 9.50 Å². The molecule has 0 atom stereocenters. The van der Waals surface area contributed by atoms with Gasteiger partial charge in [-0.05, 0) is 66.6 Å². The molecule has 4 nitrogen and oxygen atoms in total. The first-order valence-electron chi connectivity index (χ1n) is 10.4. The van der Waals surface area contributed by atoms with Crippen molar-refractivity contribution in [2.45, 2.75) is 32.2 Å². The summed E-state index contributed by atoms with van der Waals surface area (Å²) in [5.74, 6) is 0.0938. The lowest BCUT2D eigenvalue weighted by Gasteiger charge is -2.25. The van der Waals surface area contributed by atoms with Gasteiger partial charge in [0.1, 0.15) is 22.2 Å². The predicted octanol–water partition coefficient (Wildman–Crippen LogP) is 5.31. The number of benzene rings is 2. The summed E-state index contributed by atoms with van der Waals surface area (Å²) in [6.07, 6.45) is 4.17. The summed E-state index contributed by atoms with van der Waals surface area (Å²) in [6, 6.07) is 13.6. The summed E-state index contributed by atoms with van der Waals surface area (Å²) < 4.78 is 15.5. The highest BCUT2D eigenvalue weighted by atomic mass is 32.1. The summed E-state index contributed by atoms with van der Waals surface area (Å²) in [4.78, 5) is 19.9. The second-order valence-electron chi connectivity index (χ2n) is 8.11. The molecule has 0 radical (unpaired) electrons. The zero-order valence-electron chi connectivity index (χ0n) is 16.7. The number of rotatable bonds is 1. The molecule has 0 spiro atoms. The Bertz CT molecular complexity index is 1450. The Labute approximate surface area is 181 Å². The first-order chi connectivity index (χ1) is 15.1. The van der Waals surface area contributed by atoms with Gasteiger partial charge >= 0.3 is 0 Å². The minimum Gasteiger partial charge on any atom is -0.507 e. The minimum atomic E-state index is -0.369. The molecule has 1 N–H and O–H groups in total. The second kappa shape index (κ2) is 6.89. The molecule has 1 aliphatic carbocycles. The third-order valence-electron chi connectivity index (χ3n) is 6.27. The van der Waals surface area contributed by atoms with E-state index in [-0.39, 0.29) is 17.1 Å². The van der Waals surface area contributed by atoms with Crippen molar-refractivity contribution in [1.82, 2.24) is 9.55 Å². The van der Waals surface area contributed by atoms with Gasteiger partial charge in [0, 0.05) is 10.4 Å². The Morgan fingerprint density at radius 3 is 2.68 bits per heavy atom. The Hall–Kier alpha value is -3.25. The monoisotopic (exact) mass is 430 g/mol. The Balaban J connectivity index is 1.69. The quantitative estimate of drug-likeness (QED) is 0.367. The molecule has 1 aliphatic heterocycles. The predicted molar refractivity (Wildman–Crippen MR) is 121 cm³/mol. The fourth-order valence-corrected chi connectivity index (χ4v) is 6.17. The van der Waals surface area contributed by atoms with Crippen molar-refractivity contribution in [3.05, 3.63) is 97.7 Å². The molecule has 0 fully saturated rings. The topological polar surface area (TPSA) is 55.1 Å². The third-order valence-corrected chi connectivity index (χ3v) is 7.58. The molecular weight excluding hydrogens is 411 g/mol. The number of aliphatic hydroxyl groups is 1. The summed E-state index contributed by atoms with van der Waals surface area (Å²) in [5, 5.41) is 12.0. The van der Waals surface area contributed by atoms with Gasteiger partial charge in [-0.15, -0.1) is 11.3 Å². The molecule has 2 aromatic carbocycles. The van der Waals surface area contributed by atoms with Gasteiger partial charge in [-0.3, -0.25) is 4.79 Å². The van der Waals surface area contributed by atoms with Crippen LogP contribution in [0.15, 0.2) is 53.3 Å². The van der Waals surface area contributed by atoms with E-state index in [0.717, 1.165) is 52.6 Å². The van der Waals surface area contributed by atoms with Crippen LogP contribution in [0.4, 0.5) is 4.39 Å². The number of aliphatic hydroxyl groups excluding tert-OH is 1. The van der Waals surface area contributed by atoms with Crippen molar-refractivity contribution in [2.24, 2.45) is 0 Å². The smallest absolute Gasteiger partial charge is 0.282 e. The van der Waals surface area contributed by atoms with Gasteiger partial charge in [-0.2, -0.15) is 4.98 Å². The molecule has 6 rings (SSSR count). The Kier molecular flexibility index (Phi) is 4.11. The first-order valence-corrected chi connectivity index (χ1v) is 11.3. The fraction of sp³-hybridized carbons (Fsp3) is 0.200. The normalized spacial score (nSPS) is 16.5. The average Bonchev–Trinajstić information content (AvgIpc) is 3.19. The van der Waals surface area contributed by atoms with E-state index >= 15 is 0 Å². The zero-order valence-corrected chi connectivity index (χ0v) is 17.5. The number of hydrogen-bond donors (Lipinski definition) is 1. The maximum Gasteiger partial charge on any atom is 0.282 e. The molecule has 4 aromatic rings. The van der Waals surface area contributed by atoms with E-state index in [9.17, 15) is 14.3 Å². The minimum absolute atomic E-state index is 0.00605. The molecule has 0 unspecified atom stereocenters. The van der Waals surface area contributed by atoms with E-state index in [1.54, 1.807) is 23.5 Å². The van der Waals surface area contributed by atoms with E-state index in [2.05, 4.69) is 9.55 Å². The Morgan fingerprint density at radius 1 is 1.06 bits per heavy atom. The van der Waals surface area contributed by atoms with Crippen LogP contribution in [-0.2, 0) is 19.4 Å². The second-order valence-corrected chi connectivity index (χ2v) is 9.19. The van der Waals surface area contributed by atoms with Crippen LogP contribution in [0.5, 0.6) is 0 Å². The van der Waals surface area contributed by atoms with E-state index < -0.39 is 0 Å². The van der Waals surface area contributed by atoms with Crippen LogP contribution in [-0.4, -0.2) is 14.7 Å². The maximum atomic E-state index is 13.5. The van der Waals surface area contributed by atoms with Gasteiger partial charge in [0.25, 0.3) is 5.56 Å². The van der Waals surface area contributed by atoms with Gasteiger partial charge < -0.3 is 9.67 Å². The number of halogens is 1. The molecule has 0 saturated heterocycles. The molecule has 2 aliphatic rings. The number of fused-ring (bicyclic) bond motifs is 6. The summed E-state index contributed by atoms with van der Waals surface area (Å²) in [7, 11) is 0. The van der Waals surface area contributed by atoms with Crippen LogP contribution < -0.4 is 5.56 Å². The lowest BCUT2D eigenvalue weighted by atomic mass is 9.92. The van der Waals surface area contributed by atoms with Crippen LogP contribution in [0.2, 0.25) is 0 Å². The molecule has 31 heavy (non-hydrogen) atoms. The third kappa shape index (κ3) is 2.78. The molecule has 0 saturated carbocycles. The fourth-order valence-electron chi connectivity index (χ4n) is 4.79. The van der Waals surface area contributed by atoms with E-state index in [1.807, 2.05) is 24.3 Å². The highest BCUT2D eigenvalue weighted by Crippen LogP contribution is 2.40. The van der Waals surface area contributed by atoms with Gasteiger partial charge in [-0.25, -0.2) is 4.39 Å². The zero-order chi connectivity index (χ0) is 21.1. The SMILES string of the molecule is O=c1nc2n(c3sc4c(c13)CCCC4)Cc1ccccc1/C2=C(/O)c1ccc(F)cc1. The molecule has 6 heteroatoms. The average molecular weight is 431 g/mol. The van der Waals surface area contributed by atoms with Crippen LogP contribution >= 0.6 is 11.3 Å². The van der Waals surface area contributed by atoms with Crippen LogP contribution in [0, 0.1) is 5.82 Å². The lowest BCUT2D eigenvalue weighted by molar-refractivity contribution is 0.512. The van der Waals surface area contributed by atoms with Crippen molar-refractivity contribution in [2.75, 3.05) is 0 Å². The summed E-state index contributed by atoms with van der Waals surface area (Å²) in [5.41, 5.74) is 3.82.